The maximum absolute atomic E-state index is 5.87. The van der Waals surface area contributed by atoms with Crippen molar-refractivity contribution in [3.63, 3.8) is 0 Å². The van der Waals surface area contributed by atoms with Gasteiger partial charge in [-0.05, 0) is 36.8 Å². The minimum absolute atomic E-state index is 0. The Kier molecular flexibility index (Phi) is 28.3. The van der Waals surface area contributed by atoms with Crippen LogP contribution in [0.5, 0.6) is 0 Å². The smallest absolute Gasteiger partial charge is 0.796 e. The SMILES string of the molecule is C.C1CCOC1.CSCc1cnc(Cl)cc1Cl.C[S-].ClCc1cnc(Cl)cc1Cl.[Na+]. The fourth-order valence-corrected chi connectivity index (χ4v) is 3.51. The van der Waals surface area contributed by atoms with Crippen molar-refractivity contribution >= 4 is 82.4 Å². The Morgan fingerprint density at radius 2 is 1.37 bits per heavy atom. The predicted molar refractivity (Wildman–Crippen MR) is 135 cm³/mol. The van der Waals surface area contributed by atoms with Crippen molar-refractivity contribution in [3.8, 4) is 0 Å². The van der Waals surface area contributed by atoms with Crippen LogP contribution in [0, 0.1) is 0 Å². The van der Waals surface area contributed by atoms with Crippen LogP contribution in [0.25, 0.3) is 0 Å². The first kappa shape index (κ1) is 36.0. The molecule has 3 nitrogen and oxygen atoms in total. The maximum atomic E-state index is 5.87. The maximum Gasteiger partial charge on any atom is 1.00 e. The van der Waals surface area contributed by atoms with Gasteiger partial charge in [0.05, 0.1) is 5.88 Å². The molecule has 0 aromatic carbocycles. The molecule has 1 aliphatic heterocycles. The third kappa shape index (κ3) is 17.0. The third-order valence-electron chi connectivity index (χ3n) is 3.06. The molecule has 2 aromatic heterocycles. The first-order valence-electron chi connectivity index (χ1n) is 8.11. The van der Waals surface area contributed by atoms with Gasteiger partial charge in [0.15, 0.2) is 0 Å². The van der Waals surface area contributed by atoms with E-state index in [9.17, 15) is 0 Å². The molecule has 3 rings (SSSR count). The summed E-state index contributed by atoms with van der Waals surface area (Å²) < 4.78 is 4.94. The number of ether oxygens (including phenoxy) is 1. The predicted octanol–water partition coefficient (Wildman–Crippen LogP) is 4.98. The van der Waals surface area contributed by atoms with Crippen molar-refractivity contribution in [3.05, 3.63) is 56.0 Å². The molecule has 166 valence electrons. The van der Waals surface area contributed by atoms with Crippen LogP contribution in [-0.2, 0) is 29.0 Å². The Balaban J connectivity index is -0.000000355. The van der Waals surface area contributed by atoms with Crippen molar-refractivity contribution in [2.45, 2.75) is 31.9 Å². The van der Waals surface area contributed by atoms with E-state index >= 15 is 0 Å². The van der Waals surface area contributed by atoms with E-state index in [0.29, 0.717) is 26.2 Å². The number of pyridine rings is 2. The van der Waals surface area contributed by atoms with Crippen LogP contribution in [-0.4, -0.2) is 35.7 Å². The van der Waals surface area contributed by atoms with Gasteiger partial charge in [-0.1, -0.05) is 53.8 Å². The third-order valence-corrected chi connectivity index (χ3v) is 5.07. The van der Waals surface area contributed by atoms with E-state index in [4.69, 9.17) is 62.7 Å². The van der Waals surface area contributed by atoms with Crippen LogP contribution >= 0.6 is 69.8 Å². The van der Waals surface area contributed by atoms with Gasteiger partial charge < -0.3 is 17.4 Å². The number of nitrogens with zero attached hydrogens (tertiary/aromatic N) is 2. The van der Waals surface area contributed by atoms with Gasteiger partial charge >= 0.3 is 29.6 Å². The molecule has 3 heterocycles. The number of thioether (sulfide) groups is 1. The Morgan fingerprint density at radius 3 is 1.67 bits per heavy atom. The molecule has 1 aliphatic rings. The Morgan fingerprint density at radius 1 is 0.933 bits per heavy atom. The molecule has 0 amide bonds. The normalized spacial score (nSPS) is 11.2. The molecule has 0 radical (unpaired) electrons. The van der Waals surface area contributed by atoms with Gasteiger partial charge in [0.1, 0.15) is 10.3 Å². The summed E-state index contributed by atoms with van der Waals surface area (Å²) in [6, 6.07) is 3.23. The minimum atomic E-state index is 0. The largest absolute Gasteiger partial charge is 1.00 e. The van der Waals surface area contributed by atoms with Crippen LogP contribution in [0.2, 0.25) is 20.4 Å². The second kappa shape index (κ2) is 23.6. The topological polar surface area (TPSA) is 35.0 Å². The summed E-state index contributed by atoms with van der Waals surface area (Å²) >= 11 is 34.0. The molecule has 2 aromatic rings. The van der Waals surface area contributed by atoms with Crippen molar-refractivity contribution in [1.29, 1.82) is 0 Å². The van der Waals surface area contributed by atoms with Gasteiger partial charge in [-0.3, -0.25) is 0 Å². The van der Waals surface area contributed by atoms with Crippen LogP contribution in [0.1, 0.15) is 31.4 Å². The average molecular weight is 563 g/mol. The summed E-state index contributed by atoms with van der Waals surface area (Å²) in [6.45, 7) is 2.00. The molecule has 0 bridgehead atoms. The number of hydrogen-bond acceptors (Lipinski definition) is 5. The van der Waals surface area contributed by atoms with E-state index in [2.05, 4.69) is 22.6 Å². The summed E-state index contributed by atoms with van der Waals surface area (Å²) in [5.74, 6) is 1.24. The minimum Gasteiger partial charge on any atom is -0.796 e. The zero-order valence-electron chi connectivity index (χ0n) is 16.6. The van der Waals surface area contributed by atoms with Crippen molar-refractivity contribution in [2.75, 3.05) is 25.7 Å². The molecule has 0 aliphatic carbocycles. The molecule has 30 heavy (non-hydrogen) atoms. The van der Waals surface area contributed by atoms with E-state index in [1.54, 1.807) is 42.5 Å². The summed E-state index contributed by atoms with van der Waals surface area (Å²) in [4.78, 5) is 7.73. The second-order valence-electron chi connectivity index (χ2n) is 5.08. The first-order valence-corrected chi connectivity index (χ1v) is 12.4. The van der Waals surface area contributed by atoms with Crippen molar-refractivity contribution < 1.29 is 34.3 Å². The molecule has 0 N–H and O–H groups in total. The van der Waals surface area contributed by atoms with Crippen LogP contribution in [0.15, 0.2) is 24.5 Å². The van der Waals surface area contributed by atoms with E-state index in [1.165, 1.54) is 12.8 Å². The Bertz CT molecular complexity index is 676. The van der Waals surface area contributed by atoms with E-state index in [1.807, 2.05) is 6.26 Å². The van der Waals surface area contributed by atoms with E-state index < -0.39 is 0 Å². The second-order valence-corrected chi connectivity index (χ2v) is 7.81. The summed E-state index contributed by atoms with van der Waals surface area (Å²) in [5.41, 5.74) is 1.83. The van der Waals surface area contributed by atoms with E-state index in [-0.39, 0.29) is 37.0 Å². The summed E-state index contributed by atoms with van der Waals surface area (Å²) in [7, 11) is 0. The average Bonchev–Trinajstić information content (AvgIpc) is 3.27. The number of alkyl halides is 1. The van der Waals surface area contributed by atoms with Gasteiger partial charge in [-0.25, -0.2) is 9.97 Å². The van der Waals surface area contributed by atoms with Crippen LogP contribution < -0.4 is 29.6 Å². The molecule has 11 heteroatoms. The first-order chi connectivity index (χ1) is 13.5. The summed E-state index contributed by atoms with van der Waals surface area (Å²) in [6.07, 6.45) is 9.43. The van der Waals surface area contributed by atoms with E-state index in [0.717, 1.165) is 30.1 Å². The fourth-order valence-electron chi connectivity index (χ4n) is 1.74. The molecule has 0 spiro atoms. The van der Waals surface area contributed by atoms with Gasteiger partial charge in [0, 0.05) is 47.0 Å². The monoisotopic (exact) mass is 560 g/mol. The Hall–Kier alpha value is 1.41. The van der Waals surface area contributed by atoms with Crippen molar-refractivity contribution in [1.82, 2.24) is 9.97 Å². The molecule has 1 saturated heterocycles. The molecule has 1 fully saturated rings. The zero-order chi connectivity index (χ0) is 21.4. The molecule has 0 saturated carbocycles. The van der Waals surface area contributed by atoms with Crippen LogP contribution in [0.4, 0.5) is 0 Å². The van der Waals surface area contributed by atoms with Gasteiger partial charge in [0.25, 0.3) is 0 Å². The number of aromatic nitrogens is 2. The quantitative estimate of drug-likeness (QED) is 0.228. The number of rotatable bonds is 3. The molecule has 0 atom stereocenters. The Labute approximate surface area is 238 Å². The summed E-state index contributed by atoms with van der Waals surface area (Å²) in [5, 5.41) is 2.09. The van der Waals surface area contributed by atoms with Gasteiger partial charge in [-0.15, -0.1) is 11.6 Å². The zero-order valence-corrected chi connectivity index (χ0v) is 24.0. The van der Waals surface area contributed by atoms with Crippen LogP contribution in [0.3, 0.4) is 0 Å². The molecular formula is C19H26Cl5N2NaOS2. The molecular weight excluding hydrogens is 537 g/mol. The number of hydrogen-bond donors (Lipinski definition) is 0. The standard InChI is InChI=1S/C7H7Cl2NS.C6H4Cl3N.C4H8O.CH4S.CH4.Na/c1-11-4-5-3-10-7(9)2-6(5)8;7-2-4-3-10-6(9)1-5(4)8;1-2-4-5-3-1;1-2;;/h2-3H,4H2,1H3;1,3H,2H2;1-4H2;2H,1H3;1H4;/q;;;;;+1/p-1. The van der Waals surface area contributed by atoms with Gasteiger partial charge in [-0.2, -0.15) is 18.0 Å². The number of halogens is 5. The van der Waals surface area contributed by atoms with Crippen molar-refractivity contribution in [2.24, 2.45) is 0 Å². The van der Waals surface area contributed by atoms with Gasteiger partial charge in [0.2, 0.25) is 0 Å². The molecule has 0 unspecified atom stereocenters. The fraction of sp³-hybridized carbons (Fsp3) is 0.474.